The van der Waals surface area contributed by atoms with E-state index < -0.39 is 0 Å². The normalized spacial score (nSPS) is 8.23. The van der Waals surface area contributed by atoms with Crippen LogP contribution in [0, 0.1) is 11.3 Å². The minimum absolute atomic E-state index is 0.561. The van der Waals surface area contributed by atoms with Gasteiger partial charge in [0.1, 0.15) is 6.07 Å². The first kappa shape index (κ1) is 12.0. The number of rotatable bonds is 1. The molecule has 0 bridgehead atoms. The van der Waals surface area contributed by atoms with Gasteiger partial charge in [0.15, 0.2) is 0 Å². The third kappa shape index (κ3) is 3.08. The van der Waals surface area contributed by atoms with Gasteiger partial charge in [0, 0.05) is 0 Å². The number of hydrogen-bond acceptors (Lipinski definition) is 1. The Kier molecular flexibility index (Phi) is 6.01. The molecule has 0 atom stereocenters. The van der Waals surface area contributed by atoms with Crippen molar-refractivity contribution in [1.82, 2.24) is 0 Å². The van der Waals surface area contributed by atoms with Crippen molar-refractivity contribution >= 4 is 11.6 Å². The fraction of sp³-hybridized carbons (Fsp3) is 0.364. The quantitative estimate of drug-likeness (QED) is 0.669. The summed E-state index contributed by atoms with van der Waals surface area (Å²) in [6.45, 7) is 6.02. The zero-order chi connectivity index (χ0) is 10.3. The third-order valence-electron chi connectivity index (χ3n) is 1.58. The fourth-order valence-corrected chi connectivity index (χ4v) is 1.24. The summed E-state index contributed by atoms with van der Waals surface area (Å²) in [6.07, 6.45) is 0.869. The second kappa shape index (κ2) is 6.51. The van der Waals surface area contributed by atoms with Gasteiger partial charge in [-0.2, -0.15) is 5.26 Å². The Labute approximate surface area is 85.0 Å². The predicted octanol–water partition coefficient (Wildman–Crippen LogP) is 3.80. The van der Waals surface area contributed by atoms with E-state index in [1.165, 1.54) is 0 Å². The van der Waals surface area contributed by atoms with Crippen LogP contribution in [0.2, 0.25) is 5.02 Å². The lowest BCUT2D eigenvalue weighted by molar-refractivity contribution is 1.14. The number of nitrogens with zero attached hydrogens (tertiary/aromatic N) is 1. The number of halogens is 1. The summed E-state index contributed by atoms with van der Waals surface area (Å²) in [5, 5.41) is 9.20. The van der Waals surface area contributed by atoms with Crippen LogP contribution in [0.25, 0.3) is 0 Å². The van der Waals surface area contributed by atoms with Gasteiger partial charge in [0.2, 0.25) is 0 Å². The first-order valence-corrected chi connectivity index (χ1v) is 4.85. The summed E-state index contributed by atoms with van der Waals surface area (Å²) in [5.41, 5.74) is 1.59. The molecule has 0 fully saturated rings. The molecule has 1 aromatic rings. The first-order chi connectivity index (χ1) is 6.29. The van der Waals surface area contributed by atoms with E-state index in [4.69, 9.17) is 16.9 Å². The molecule has 1 rings (SSSR count). The molecular weight excluding hydrogens is 182 g/mol. The lowest BCUT2D eigenvalue weighted by Gasteiger charge is -2.00. The monoisotopic (exact) mass is 195 g/mol. The van der Waals surface area contributed by atoms with Crippen molar-refractivity contribution in [2.45, 2.75) is 27.2 Å². The zero-order valence-electron chi connectivity index (χ0n) is 8.26. The minimum atomic E-state index is 0.561. The number of aryl methyl sites for hydroxylation is 1. The van der Waals surface area contributed by atoms with Crippen molar-refractivity contribution in [2.24, 2.45) is 0 Å². The molecule has 0 aliphatic rings. The maximum atomic E-state index is 8.60. The van der Waals surface area contributed by atoms with E-state index in [-0.39, 0.29) is 0 Å². The molecule has 0 amide bonds. The number of nitriles is 1. The molecular formula is C11H14ClN. The molecule has 0 heterocycles. The number of benzene rings is 1. The van der Waals surface area contributed by atoms with Crippen molar-refractivity contribution in [1.29, 1.82) is 5.26 Å². The average molecular weight is 196 g/mol. The van der Waals surface area contributed by atoms with Gasteiger partial charge >= 0.3 is 0 Å². The van der Waals surface area contributed by atoms with Crippen molar-refractivity contribution in [2.75, 3.05) is 0 Å². The second-order valence-corrected chi connectivity index (χ2v) is 2.62. The molecule has 0 saturated carbocycles. The lowest BCUT2D eigenvalue weighted by Crippen LogP contribution is -1.84. The standard InChI is InChI=1S/C9H8ClN.C2H6/c1-2-7-4-3-5-8(6-11)9(7)10;1-2/h3-5H,2H2,1H3;1-2H3. The van der Waals surface area contributed by atoms with E-state index in [0.29, 0.717) is 10.6 Å². The predicted molar refractivity (Wildman–Crippen MR) is 56.9 cm³/mol. The van der Waals surface area contributed by atoms with E-state index in [1.807, 2.05) is 39.0 Å². The van der Waals surface area contributed by atoms with Crippen molar-refractivity contribution in [3.05, 3.63) is 34.3 Å². The molecule has 13 heavy (non-hydrogen) atoms. The van der Waals surface area contributed by atoms with Gasteiger partial charge in [-0.15, -0.1) is 0 Å². The third-order valence-corrected chi connectivity index (χ3v) is 2.03. The second-order valence-electron chi connectivity index (χ2n) is 2.24. The smallest absolute Gasteiger partial charge is 0.101 e. The largest absolute Gasteiger partial charge is 0.192 e. The van der Waals surface area contributed by atoms with Crippen LogP contribution in [0.5, 0.6) is 0 Å². The van der Waals surface area contributed by atoms with Crippen LogP contribution < -0.4 is 0 Å². The highest BCUT2D eigenvalue weighted by molar-refractivity contribution is 6.32. The van der Waals surface area contributed by atoms with Crippen LogP contribution in [-0.2, 0) is 6.42 Å². The molecule has 0 spiro atoms. The van der Waals surface area contributed by atoms with Crippen LogP contribution in [0.1, 0.15) is 31.9 Å². The molecule has 0 aliphatic heterocycles. The summed E-state index contributed by atoms with van der Waals surface area (Å²) in [6, 6.07) is 7.55. The summed E-state index contributed by atoms with van der Waals surface area (Å²) < 4.78 is 0. The van der Waals surface area contributed by atoms with Crippen LogP contribution in [0.4, 0.5) is 0 Å². The maximum Gasteiger partial charge on any atom is 0.101 e. The fourth-order valence-electron chi connectivity index (χ4n) is 0.939. The average Bonchev–Trinajstić information content (AvgIpc) is 2.21. The van der Waals surface area contributed by atoms with E-state index in [1.54, 1.807) is 6.07 Å². The van der Waals surface area contributed by atoms with Gasteiger partial charge in [-0.25, -0.2) is 0 Å². The molecule has 0 saturated heterocycles. The SMILES string of the molecule is CC.CCc1cccc(C#N)c1Cl. The Bertz CT molecular complexity index is 299. The minimum Gasteiger partial charge on any atom is -0.192 e. The zero-order valence-corrected chi connectivity index (χ0v) is 9.02. The van der Waals surface area contributed by atoms with Gasteiger partial charge in [-0.05, 0) is 18.1 Å². The molecule has 1 aromatic carbocycles. The highest BCUT2D eigenvalue weighted by atomic mass is 35.5. The van der Waals surface area contributed by atoms with Crippen LogP contribution in [-0.4, -0.2) is 0 Å². The molecule has 0 radical (unpaired) electrons. The Morgan fingerprint density at radius 3 is 2.46 bits per heavy atom. The van der Waals surface area contributed by atoms with Gasteiger partial charge in [-0.1, -0.05) is 44.5 Å². The molecule has 0 unspecified atom stereocenters. The summed E-state index contributed by atoms with van der Waals surface area (Å²) in [5.74, 6) is 0. The highest BCUT2D eigenvalue weighted by Crippen LogP contribution is 2.20. The Morgan fingerprint density at radius 1 is 1.38 bits per heavy atom. The molecule has 0 aliphatic carbocycles. The molecule has 1 nitrogen and oxygen atoms in total. The van der Waals surface area contributed by atoms with Crippen LogP contribution in [0.3, 0.4) is 0 Å². The van der Waals surface area contributed by atoms with Gasteiger partial charge in [0.25, 0.3) is 0 Å². The van der Waals surface area contributed by atoms with Gasteiger partial charge in [0.05, 0.1) is 10.6 Å². The lowest BCUT2D eigenvalue weighted by atomic mass is 10.1. The van der Waals surface area contributed by atoms with E-state index in [0.717, 1.165) is 12.0 Å². The van der Waals surface area contributed by atoms with Crippen molar-refractivity contribution in [3.8, 4) is 6.07 Å². The Hall–Kier alpha value is -1.00. The summed E-state index contributed by atoms with van der Waals surface area (Å²) >= 11 is 5.89. The Balaban J connectivity index is 0.000000671. The maximum absolute atomic E-state index is 8.60. The summed E-state index contributed by atoms with van der Waals surface area (Å²) in [7, 11) is 0. The number of hydrogen-bond donors (Lipinski definition) is 0. The Morgan fingerprint density at radius 2 is 2.00 bits per heavy atom. The van der Waals surface area contributed by atoms with Crippen molar-refractivity contribution in [3.63, 3.8) is 0 Å². The first-order valence-electron chi connectivity index (χ1n) is 4.47. The van der Waals surface area contributed by atoms with Gasteiger partial charge < -0.3 is 0 Å². The van der Waals surface area contributed by atoms with Crippen molar-refractivity contribution < 1.29 is 0 Å². The molecule has 2 heteroatoms. The molecule has 70 valence electrons. The van der Waals surface area contributed by atoms with E-state index in [9.17, 15) is 0 Å². The summed E-state index contributed by atoms with van der Waals surface area (Å²) in [4.78, 5) is 0. The van der Waals surface area contributed by atoms with Gasteiger partial charge in [-0.3, -0.25) is 0 Å². The van der Waals surface area contributed by atoms with E-state index >= 15 is 0 Å². The molecule has 0 N–H and O–H groups in total. The van der Waals surface area contributed by atoms with E-state index in [2.05, 4.69) is 0 Å². The molecule has 0 aromatic heterocycles. The highest BCUT2D eigenvalue weighted by Gasteiger charge is 2.01. The topological polar surface area (TPSA) is 23.8 Å². The van der Waals surface area contributed by atoms with Crippen LogP contribution in [0.15, 0.2) is 18.2 Å². The van der Waals surface area contributed by atoms with Crippen LogP contribution >= 0.6 is 11.6 Å².